The van der Waals surface area contributed by atoms with Crippen LogP contribution in [0.3, 0.4) is 0 Å². The van der Waals surface area contributed by atoms with Crippen LogP contribution >= 0.6 is 0 Å². The molecule has 2 heterocycles. The van der Waals surface area contributed by atoms with Gasteiger partial charge in [-0.3, -0.25) is 19.8 Å². The summed E-state index contributed by atoms with van der Waals surface area (Å²) >= 11 is 0. The molecule has 1 atom stereocenters. The summed E-state index contributed by atoms with van der Waals surface area (Å²) in [6.07, 6.45) is 0.728. The van der Waals surface area contributed by atoms with Crippen LogP contribution in [0.25, 0.3) is 0 Å². The number of anilines is 1. The van der Waals surface area contributed by atoms with Gasteiger partial charge < -0.3 is 24.8 Å². The highest BCUT2D eigenvalue weighted by Crippen LogP contribution is 2.36. The van der Waals surface area contributed by atoms with E-state index >= 15 is 0 Å². The van der Waals surface area contributed by atoms with Crippen molar-refractivity contribution in [3.8, 4) is 17.2 Å². The highest BCUT2D eigenvalue weighted by atomic mass is 16.5. The molecule has 0 bridgehead atoms. The molecule has 178 valence electrons. The second-order valence-electron chi connectivity index (χ2n) is 7.89. The van der Waals surface area contributed by atoms with Crippen molar-refractivity contribution < 1.29 is 33.4 Å². The minimum absolute atomic E-state index is 0.433. The molecule has 1 fully saturated rings. The zero-order chi connectivity index (χ0) is 24.3. The Morgan fingerprint density at radius 1 is 1.09 bits per heavy atom. The minimum atomic E-state index is -1.41. The SMILES string of the molecule is COc1ccc(NC(=O)NC(=O)CN2C(=O)N[C@](C)(c3ccc4c(c3)OCCCO4)C2=O)cc1. The molecule has 34 heavy (non-hydrogen) atoms. The molecule has 2 aliphatic heterocycles. The van der Waals surface area contributed by atoms with Crippen molar-refractivity contribution >= 4 is 29.6 Å². The predicted octanol–water partition coefficient (Wildman–Crippen LogP) is 1.97. The van der Waals surface area contributed by atoms with Crippen molar-refractivity contribution in [3.05, 3.63) is 48.0 Å². The van der Waals surface area contributed by atoms with E-state index in [0.717, 1.165) is 11.3 Å². The van der Waals surface area contributed by atoms with Gasteiger partial charge in [0.15, 0.2) is 11.5 Å². The van der Waals surface area contributed by atoms with E-state index in [4.69, 9.17) is 14.2 Å². The first kappa shape index (κ1) is 22.9. The lowest BCUT2D eigenvalue weighted by molar-refractivity contribution is -0.134. The topological polar surface area (TPSA) is 135 Å². The van der Waals surface area contributed by atoms with Crippen LogP contribution < -0.4 is 30.2 Å². The zero-order valence-corrected chi connectivity index (χ0v) is 18.7. The molecule has 0 radical (unpaired) electrons. The van der Waals surface area contributed by atoms with Gasteiger partial charge in [0.1, 0.15) is 17.8 Å². The summed E-state index contributed by atoms with van der Waals surface area (Å²) in [6, 6.07) is 9.93. The van der Waals surface area contributed by atoms with Crippen molar-refractivity contribution in [2.24, 2.45) is 0 Å². The second-order valence-corrected chi connectivity index (χ2v) is 7.89. The molecule has 2 aromatic rings. The first-order valence-electron chi connectivity index (χ1n) is 10.6. The van der Waals surface area contributed by atoms with Gasteiger partial charge in [-0.25, -0.2) is 9.59 Å². The summed E-state index contributed by atoms with van der Waals surface area (Å²) in [6.45, 7) is 1.91. The third kappa shape index (κ3) is 4.58. The van der Waals surface area contributed by atoms with Crippen LogP contribution in [-0.4, -0.2) is 55.6 Å². The molecule has 4 rings (SSSR count). The Balaban J connectivity index is 1.40. The number of rotatable bonds is 5. The van der Waals surface area contributed by atoms with E-state index in [1.165, 1.54) is 7.11 Å². The molecular weight excluding hydrogens is 444 g/mol. The molecule has 0 spiro atoms. The Kier molecular flexibility index (Phi) is 6.26. The Morgan fingerprint density at radius 2 is 1.79 bits per heavy atom. The molecule has 11 nitrogen and oxygen atoms in total. The van der Waals surface area contributed by atoms with E-state index in [1.807, 2.05) is 0 Å². The van der Waals surface area contributed by atoms with Crippen molar-refractivity contribution in [1.29, 1.82) is 0 Å². The molecule has 0 aliphatic carbocycles. The van der Waals surface area contributed by atoms with Gasteiger partial charge in [-0.05, 0) is 48.9 Å². The number of imide groups is 2. The number of amides is 6. The van der Waals surface area contributed by atoms with Crippen molar-refractivity contribution in [2.45, 2.75) is 18.9 Å². The van der Waals surface area contributed by atoms with E-state index in [1.54, 1.807) is 49.4 Å². The molecule has 2 aromatic carbocycles. The van der Waals surface area contributed by atoms with Crippen LogP contribution in [0.1, 0.15) is 18.9 Å². The zero-order valence-electron chi connectivity index (χ0n) is 18.7. The lowest BCUT2D eigenvalue weighted by atomic mass is 9.91. The molecular formula is C23H24N4O7. The fraction of sp³-hybridized carbons (Fsp3) is 0.304. The highest BCUT2D eigenvalue weighted by Gasteiger charge is 2.49. The minimum Gasteiger partial charge on any atom is -0.497 e. The quantitative estimate of drug-likeness (QED) is 0.571. The molecule has 2 aliphatic rings. The lowest BCUT2D eigenvalue weighted by Crippen LogP contribution is -2.45. The van der Waals surface area contributed by atoms with Gasteiger partial charge in [0, 0.05) is 12.1 Å². The van der Waals surface area contributed by atoms with Gasteiger partial charge in [-0.15, -0.1) is 0 Å². The third-order valence-corrected chi connectivity index (χ3v) is 5.50. The Morgan fingerprint density at radius 3 is 2.50 bits per heavy atom. The summed E-state index contributed by atoms with van der Waals surface area (Å²) in [4.78, 5) is 50.9. The van der Waals surface area contributed by atoms with Gasteiger partial charge >= 0.3 is 12.1 Å². The summed E-state index contributed by atoms with van der Waals surface area (Å²) < 4.78 is 16.3. The predicted molar refractivity (Wildman–Crippen MR) is 120 cm³/mol. The summed E-state index contributed by atoms with van der Waals surface area (Å²) in [5.74, 6) is 0.192. The van der Waals surface area contributed by atoms with Crippen molar-refractivity contribution in [3.63, 3.8) is 0 Å². The van der Waals surface area contributed by atoms with Crippen LogP contribution in [0.4, 0.5) is 15.3 Å². The largest absolute Gasteiger partial charge is 0.497 e. The number of fused-ring (bicyclic) bond motifs is 1. The van der Waals surface area contributed by atoms with Crippen LogP contribution in [0.5, 0.6) is 17.2 Å². The standard InChI is InChI=1S/C23H24N4O7/c1-23(14-4-9-17-18(12-14)34-11-3-10-33-17)20(29)27(22(31)26-23)13-19(28)25-21(30)24-15-5-7-16(32-2)8-6-15/h4-9,12H,3,10-11,13H2,1-2H3,(H,26,31)(H2,24,25,28,30)/t23-/m1/s1. The Hall–Kier alpha value is -4.28. The number of hydrogen-bond donors (Lipinski definition) is 3. The van der Waals surface area contributed by atoms with E-state index in [2.05, 4.69) is 16.0 Å². The lowest BCUT2D eigenvalue weighted by Gasteiger charge is -2.23. The van der Waals surface area contributed by atoms with Crippen molar-refractivity contribution in [2.75, 3.05) is 32.2 Å². The average Bonchev–Trinajstić information content (AvgIpc) is 2.98. The van der Waals surface area contributed by atoms with E-state index in [0.29, 0.717) is 41.7 Å². The van der Waals surface area contributed by atoms with Gasteiger partial charge in [-0.1, -0.05) is 6.07 Å². The second kappa shape index (κ2) is 9.30. The van der Waals surface area contributed by atoms with Gasteiger partial charge in [-0.2, -0.15) is 0 Å². The number of methoxy groups -OCH3 is 1. The van der Waals surface area contributed by atoms with E-state index in [-0.39, 0.29) is 0 Å². The fourth-order valence-corrected chi connectivity index (χ4v) is 3.66. The molecule has 1 saturated heterocycles. The molecule has 6 amide bonds. The maximum Gasteiger partial charge on any atom is 0.325 e. The van der Waals surface area contributed by atoms with E-state index < -0.39 is 36.0 Å². The number of benzene rings is 2. The van der Waals surface area contributed by atoms with Crippen LogP contribution in [0.15, 0.2) is 42.5 Å². The fourth-order valence-electron chi connectivity index (χ4n) is 3.66. The highest BCUT2D eigenvalue weighted by molar-refractivity contribution is 6.10. The molecule has 0 unspecified atom stereocenters. The number of carbonyl (C=O) groups is 4. The first-order valence-corrected chi connectivity index (χ1v) is 10.6. The molecule has 11 heteroatoms. The Bertz CT molecular complexity index is 1130. The van der Waals surface area contributed by atoms with Gasteiger partial charge in [0.25, 0.3) is 5.91 Å². The smallest absolute Gasteiger partial charge is 0.325 e. The molecule has 3 N–H and O–H groups in total. The van der Waals surface area contributed by atoms with Crippen LogP contribution in [0.2, 0.25) is 0 Å². The Labute approximate surface area is 195 Å². The van der Waals surface area contributed by atoms with Crippen molar-refractivity contribution in [1.82, 2.24) is 15.5 Å². The summed E-state index contributed by atoms with van der Waals surface area (Å²) in [5.41, 5.74) is -0.494. The number of urea groups is 2. The third-order valence-electron chi connectivity index (χ3n) is 5.50. The van der Waals surface area contributed by atoms with Crippen LogP contribution in [-0.2, 0) is 15.1 Å². The monoisotopic (exact) mass is 468 g/mol. The summed E-state index contributed by atoms with van der Waals surface area (Å²) in [7, 11) is 1.52. The number of nitrogens with zero attached hydrogens (tertiary/aromatic N) is 1. The first-order chi connectivity index (χ1) is 16.3. The van der Waals surface area contributed by atoms with Gasteiger partial charge in [0.05, 0.1) is 20.3 Å². The number of carbonyl (C=O) groups excluding carboxylic acids is 4. The normalized spacial score (nSPS) is 19.2. The number of hydrogen-bond acceptors (Lipinski definition) is 7. The molecule has 0 aromatic heterocycles. The number of nitrogens with one attached hydrogen (secondary N) is 3. The number of ether oxygens (including phenoxy) is 3. The van der Waals surface area contributed by atoms with Crippen LogP contribution in [0, 0.1) is 0 Å². The average molecular weight is 468 g/mol. The maximum absolute atomic E-state index is 13.1. The van der Waals surface area contributed by atoms with E-state index in [9.17, 15) is 19.2 Å². The maximum atomic E-state index is 13.1. The van der Waals surface area contributed by atoms with Gasteiger partial charge in [0.2, 0.25) is 5.91 Å². The summed E-state index contributed by atoms with van der Waals surface area (Å²) in [5, 5.41) is 7.23. The molecule has 0 saturated carbocycles.